The molecule has 0 saturated carbocycles. The molecule has 8 heteroatoms. The number of thioether (sulfide) groups is 1. The molecule has 0 aromatic heterocycles. The second kappa shape index (κ2) is 13.8. The number of carbonyl (C=O) groups is 3. The van der Waals surface area contributed by atoms with E-state index in [1.54, 1.807) is 0 Å². The molecule has 0 radical (unpaired) electrons. The predicted octanol–water partition coefficient (Wildman–Crippen LogP) is 4.03. The van der Waals surface area contributed by atoms with Crippen molar-refractivity contribution < 1.29 is 24.2 Å². The van der Waals surface area contributed by atoms with Crippen molar-refractivity contribution in [2.75, 3.05) is 5.75 Å². The number of alkyl carbamates (subject to hydrolysis) is 1. The van der Waals surface area contributed by atoms with E-state index < -0.39 is 30.1 Å². The lowest BCUT2D eigenvalue weighted by molar-refractivity contribution is -0.141. The number of carboxylic acid groups (broad SMARTS) is 1. The van der Waals surface area contributed by atoms with E-state index in [2.05, 4.69) is 10.6 Å². The highest BCUT2D eigenvalue weighted by Crippen LogP contribution is 2.13. The summed E-state index contributed by atoms with van der Waals surface area (Å²) in [6.45, 7) is 0.0558. The fraction of sp³-hybridized carbons (Fsp3) is 0.222. The highest BCUT2D eigenvalue weighted by Gasteiger charge is 2.27. The summed E-state index contributed by atoms with van der Waals surface area (Å²) < 4.78 is 5.26. The lowest BCUT2D eigenvalue weighted by Gasteiger charge is -2.21. The molecule has 0 aliphatic rings. The van der Waals surface area contributed by atoms with Crippen molar-refractivity contribution in [2.24, 2.45) is 0 Å². The third-order valence-electron chi connectivity index (χ3n) is 5.11. The van der Waals surface area contributed by atoms with Crippen LogP contribution < -0.4 is 10.6 Å². The first-order chi connectivity index (χ1) is 17.0. The minimum atomic E-state index is -1.14. The average molecular weight is 493 g/mol. The number of aliphatic carboxylic acids is 1. The smallest absolute Gasteiger partial charge is 0.408 e. The van der Waals surface area contributed by atoms with Crippen molar-refractivity contribution in [2.45, 2.75) is 30.9 Å². The van der Waals surface area contributed by atoms with Crippen LogP contribution in [0.15, 0.2) is 91.0 Å². The Morgan fingerprint density at radius 3 is 1.86 bits per heavy atom. The van der Waals surface area contributed by atoms with Crippen LogP contribution in [0.3, 0.4) is 0 Å². The molecule has 0 unspecified atom stereocenters. The van der Waals surface area contributed by atoms with Gasteiger partial charge in [-0.05, 0) is 16.7 Å². The van der Waals surface area contributed by atoms with Crippen LogP contribution in [-0.4, -0.2) is 40.9 Å². The zero-order valence-electron chi connectivity index (χ0n) is 19.1. The summed E-state index contributed by atoms with van der Waals surface area (Å²) in [6, 6.07) is 26.0. The molecule has 182 valence electrons. The van der Waals surface area contributed by atoms with E-state index in [0.29, 0.717) is 5.75 Å². The highest BCUT2D eigenvalue weighted by molar-refractivity contribution is 7.98. The fourth-order valence-corrected chi connectivity index (χ4v) is 4.29. The van der Waals surface area contributed by atoms with Gasteiger partial charge in [-0.2, -0.15) is 11.8 Å². The zero-order valence-corrected chi connectivity index (χ0v) is 19.9. The summed E-state index contributed by atoms with van der Waals surface area (Å²) >= 11 is 1.41. The Hall–Kier alpha value is -3.78. The van der Waals surface area contributed by atoms with Crippen LogP contribution in [-0.2, 0) is 33.1 Å². The molecule has 0 aliphatic carbocycles. The van der Waals surface area contributed by atoms with Crippen LogP contribution in [0.2, 0.25) is 0 Å². The van der Waals surface area contributed by atoms with Crippen LogP contribution in [0.25, 0.3) is 0 Å². The Bertz CT molecular complexity index is 1080. The van der Waals surface area contributed by atoms with Gasteiger partial charge in [-0.25, -0.2) is 9.59 Å². The van der Waals surface area contributed by atoms with E-state index in [-0.39, 0.29) is 18.8 Å². The van der Waals surface area contributed by atoms with Crippen molar-refractivity contribution in [1.82, 2.24) is 10.6 Å². The number of amides is 2. The molecule has 2 atom stereocenters. The molecule has 0 heterocycles. The second-order valence-corrected chi connectivity index (χ2v) is 8.88. The number of carbonyl (C=O) groups excluding carboxylic acids is 2. The van der Waals surface area contributed by atoms with Gasteiger partial charge in [-0.15, -0.1) is 0 Å². The quantitative estimate of drug-likeness (QED) is 0.353. The zero-order chi connectivity index (χ0) is 24.9. The molecule has 0 spiro atoms. The first-order valence-electron chi connectivity index (χ1n) is 11.2. The van der Waals surface area contributed by atoms with Gasteiger partial charge in [0.05, 0.1) is 0 Å². The first-order valence-corrected chi connectivity index (χ1v) is 12.3. The van der Waals surface area contributed by atoms with Gasteiger partial charge in [0.2, 0.25) is 5.91 Å². The molecule has 3 rings (SSSR count). The number of rotatable bonds is 12. The predicted molar refractivity (Wildman–Crippen MR) is 136 cm³/mol. The van der Waals surface area contributed by atoms with Crippen LogP contribution >= 0.6 is 11.8 Å². The number of hydrogen-bond acceptors (Lipinski definition) is 5. The van der Waals surface area contributed by atoms with Gasteiger partial charge < -0.3 is 20.5 Å². The Kier molecular flexibility index (Phi) is 10.2. The molecule has 0 fully saturated rings. The monoisotopic (exact) mass is 492 g/mol. The Balaban J connectivity index is 1.61. The summed E-state index contributed by atoms with van der Waals surface area (Å²) in [5.74, 6) is -0.910. The first kappa shape index (κ1) is 25.8. The van der Waals surface area contributed by atoms with Crippen LogP contribution in [0.4, 0.5) is 4.79 Å². The third kappa shape index (κ3) is 9.17. The summed E-state index contributed by atoms with van der Waals surface area (Å²) in [5.41, 5.74) is 2.70. The molecule has 2 amide bonds. The van der Waals surface area contributed by atoms with Gasteiger partial charge in [0.1, 0.15) is 18.7 Å². The number of ether oxygens (including phenoxy) is 1. The summed E-state index contributed by atoms with van der Waals surface area (Å²) in [5, 5.41) is 14.8. The average Bonchev–Trinajstić information content (AvgIpc) is 2.88. The Labute approximate surface area is 208 Å². The van der Waals surface area contributed by atoms with Gasteiger partial charge in [-0.3, -0.25) is 4.79 Å². The molecule has 3 N–H and O–H groups in total. The maximum Gasteiger partial charge on any atom is 0.408 e. The largest absolute Gasteiger partial charge is 0.480 e. The topological polar surface area (TPSA) is 105 Å². The molecular formula is C27H28N2O5S. The van der Waals surface area contributed by atoms with Crippen LogP contribution in [0.5, 0.6) is 0 Å². The van der Waals surface area contributed by atoms with Gasteiger partial charge >= 0.3 is 12.1 Å². The van der Waals surface area contributed by atoms with Crippen molar-refractivity contribution in [3.8, 4) is 0 Å². The molecule has 35 heavy (non-hydrogen) atoms. The molecular weight excluding hydrogens is 464 g/mol. The van der Waals surface area contributed by atoms with Gasteiger partial charge in [0, 0.05) is 17.9 Å². The Morgan fingerprint density at radius 1 is 0.743 bits per heavy atom. The minimum absolute atomic E-state index is 0.0558. The lowest BCUT2D eigenvalue weighted by atomic mass is 10.1. The van der Waals surface area contributed by atoms with E-state index in [0.717, 1.165) is 16.7 Å². The van der Waals surface area contributed by atoms with Gasteiger partial charge in [-0.1, -0.05) is 91.0 Å². The number of hydrogen-bond donors (Lipinski definition) is 3. The maximum absolute atomic E-state index is 13.1. The van der Waals surface area contributed by atoms with Crippen molar-refractivity contribution in [1.29, 1.82) is 0 Å². The lowest BCUT2D eigenvalue weighted by Crippen LogP contribution is -2.53. The molecule has 3 aromatic carbocycles. The summed E-state index contributed by atoms with van der Waals surface area (Å²) in [6.07, 6.45) is -0.563. The molecule has 7 nitrogen and oxygen atoms in total. The number of carboxylic acids is 1. The minimum Gasteiger partial charge on any atom is -0.480 e. The van der Waals surface area contributed by atoms with E-state index in [1.165, 1.54) is 11.8 Å². The molecule has 0 saturated heterocycles. The van der Waals surface area contributed by atoms with E-state index in [1.807, 2.05) is 91.0 Å². The molecule has 0 bridgehead atoms. The molecule has 0 aliphatic heterocycles. The van der Waals surface area contributed by atoms with Crippen molar-refractivity contribution in [3.05, 3.63) is 108 Å². The van der Waals surface area contributed by atoms with Crippen LogP contribution in [0.1, 0.15) is 16.7 Å². The second-order valence-electron chi connectivity index (χ2n) is 7.85. The third-order valence-corrected chi connectivity index (χ3v) is 6.22. The fourth-order valence-electron chi connectivity index (χ4n) is 3.28. The summed E-state index contributed by atoms with van der Waals surface area (Å²) in [7, 11) is 0. The normalized spacial score (nSPS) is 12.2. The number of benzene rings is 3. The van der Waals surface area contributed by atoms with Crippen molar-refractivity contribution >= 4 is 29.7 Å². The highest BCUT2D eigenvalue weighted by atomic mass is 32.2. The number of nitrogens with one attached hydrogen (secondary N) is 2. The van der Waals surface area contributed by atoms with Gasteiger partial charge in [0.15, 0.2) is 0 Å². The van der Waals surface area contributed by atoms with Gasteiger partial charge in [0.25, 0.3) is 0 Å². The van der Waals surface area contributed by atoms with Crippen molar-refractivity contribution in [3.63, 3.8) is 0 Å². The molecule has 3 aromatic rings. The van der Waals surface area contributed by atoms with E-state index in [4.69, 9.17) is 4.74 Å². The SMILES string of the molecule is O=C(N[C@H](Cc1ccccc1)C(=O)N[C@@H](CSCc1ccccc1)C(=O)O)OCc1ccccc1. The van der Waals surface area contributed by atoms with E-state index >= 15 is 0 Å². The Morgan fingerprint density at radius 2 is 1.29 bits per heavy atom. The summed E-state index contributed by atoms with van der Waals surface area (Å²) in [4.78, 5) is 37.3. The van der Waals surface area contributed by atoms with E-state index in [9.17, 15) is 19.5 Å². The standard InChI is InChI=1S/C27H28N2O5S/c30-25(28-24(26(31)32)19-35-18-22-14-8-3-9-15-22)23(16-20-10-4-1-5-11-20)29-27(33)34-17-21-12-6-2-7-13-21/h1-15,23-24H,16-19H2,(H,28,30)(H,29,33)(H,31,32)/t23-,24+/m1/s1. The van der Waals surface area contributed by atoms with Crippen LogP contribution in [0, 0.1) is 0 Å². The maximum atomic E-state index is 13.1.